The first kappa shape index (κ1) is 20.6. The molecule has 7 nitrogen and oxygen atoms in total. The van der Waals surface area contributed by atoms with Crippen LogP contribution in [0.2, 0.25) is 0 Å². The molecule has 166 valence electrons. The maximum absolute atomic E-state index is 13.5. The number of pyridine rings is 1. The van der Waals surface area contributed by atoms with Crippen LogP contribution in [0.1, 0.15) is 28.6 Å². The number of nitrogens with zero attached hydrogens (tertiary/aromatic N) is 5. The van der Waals surface area contributed by atoms with Crippen LogP contribution < -0.4 is 5.56 Å². The van der Waals surface area contributed by atoms with Crippen molar-refractivity contribution in [1.82, 2.24) is 14.3 Å². The highest BCUT2D eigenvalue weighted by Crippen LogP contribution is 2.38. The lowest BCUT2D eigenvalue weighted by atomic mass is 10.1. The summed E-state index contributed by atoms with van der Waals surface area (Å²) >= 11 is 1.38. The number of aromatic nitrogens is 2. The molecular formula is C26H19N5O2S. The van der Waals surface area contributed by atoms with Crippen LogP contribution in [0, 0.1) is 6.92 Å². The van der Waals surface area contributed by atoms with E-state index in [2.05, 4.69) is 4.98 Å². The number of carbonyl (C=O) groups excluding carboxylic acids is 1. The highest BCUT2D eigenvalue weighted by atomic mass is 32.2. The van der Waals surface area contributed by atoms with Gasteiger partial charge in [-0.15, -0.1) is 0 Å². The lowest BCUT2D eigenvalue weighted by Crippen LogP contribution is -2.39. The van der Waals surface area contributed by atoms with Crippen molar-refractivity contribution in [3.8, 4) is 0 Å². The number of para-hydroxylation sites is 1. The highest BCUT2D eigenvalue weighted by molar-refractivity contribution is 8.13. The Morgan fingerprint density at radius 3 is 2.59 bits per heavy atom. The Morgan fingerprint density at radius 2 is 1.74 bits per heavy atom. The molecule has 1 atom stereocenters. The van der Waals surface area contributed by atoms with Gasteiger partial charge in [-0.2, -0.15) is 0 Å². The molecule has 34 heavy (non-hydrogen) atoms. The maximum atomic E-state index is 13.5. The molecule has 4 heterocycles. The van der Waals surface area contributed by atoms with Crippen molar-refractivity contribution in [2.75, 3.05) is 0 Å². The SMILES string of the molecule is Cc1cccc2nc(CSC3=Nc4ccccc4C4=N[C@@H](c5ccccc5)C(=O)N34)cc(=O)n12. The molecule has 8 heteroatoms. The molecule has 0 aliphatic carbocycles. The van der Waals surface area contributed by atoms with Crippen LogP contribution in [0.15, 0.2) is 93.6 Å². The summed E-state index contributed by atoms with van der Waals surface area (Å²) in [6.07, 6.45) is 0. The van der Waals surface area contributed by atoms with Crippen molar-refractivity contribution >= 4 is 40.0 Å². The number of hydrogen-bond donors (Lipinski definition) is 0. The van der Waals surface area contributed by atoms with E-state index in [-0.39, 0.29) is 11.5 Å². The molecule has 2 aromatic carbocycles. The number of amidine groups is 2. The molecule has 1 amide bonds. The Balaban J connectivity index is 1.36. The van der Waals surface area contributed by atoms with Crippen LogP contribution in [0.3, 0.4) is 0 Å². The Morgan fingerprint density at radius 1 is 0.941 bits per heavy atom. The summed E-state index contributed by atoms with van der Waals surface area (Å²) in [6, 6.07) is 23.7. The molecule has 4 aromatic rings. The van der Waals surface area contributed by atoms with Crippen LogP contribution in [-0.2, 0) is 10.5 Å². The second-order valence-corrected chi connectivity index (χ2v) is 9.03. The summed E-state index contributed by atoms with van der Waals surface area (Å²) in [5.74, 6) is 0.867. The molecule has 6 rings (SSSR count). The van der Waals surface area contributed by atoms with Crippen molar-refractivity contribution in [2.45, 2.75) is 18.7 Å². The number of hydrogen-bond acceptors (Lipinski definition) is 6. The minimum Gasteiger partial charge on any atom is -0.271 e. The Hall–Kier alpha value is -4.04. The van der Waals surface area contributed by atoms with Gasteiger partial charge in [0.1, 0.15) is 11.5 Å². The minimum atomic E-state index is -0.612. The van der Waals surface area contributed by atoms with E-state index >= 15 is 0 Å². The highest BCUT2D eigenvalue weighted by Gasteiger charge is 2.41. The predicted octanol–water partition coefficient (Wildman–Crippen LogP) is 4.27. The third-order valence-corrected chi connectivity index (χ3v) is 6.84. The van der Waals surface area contributed by atoms with Crippen molar-refractivity contribution < 1.29 is 4.79 Å². The van der Waals surface area contributed by atoms with Gasteiger partial charge in [-0.25, -0.2) is 19.9 Å². The summed E-state index contributed by atoms with van der Waals surface area (Å²) in [5, 5.41) is 0.534. The number of aryl methyl sites for hydroxylation is 1. The number of amides is 1. The number of rotatable bonds is 3. The number of thioether (sulfide) groups is 1. The summed E-state index contributed by atoms with van der Waals surface area (Å²) < 4.78 is 1.59. The summed E-state index contributed by atoms with van der Waals surface area (Å²) in [4.78, 5) is 42.0. The molecule has 0 bridgehead atoms. The molecule has 2 aliphatic heterocycles. The fourth-order valence-corrected chi connectivity index (χ4v) is 5.17. The van der Waals surface area contributed by atoms with Gasteiger partial charge in [0.25, 0.3) is 11.5 Å². The molecular weight excluding hydrogens is 446 g/mol. The first-order valence-corrected chi connectivity index (χ1v) is 11.8. The smallest absolute Gasteiger partial charge is 0.263 e. The standard InChI is InChI=1S/C26H19N5O2S/c1-16-8-7-13-21-27-18(14-22(32)30(16)21)15-34-26-28-20-12-6-5-11-19(20)24-29-23(25(33)31(24)26)17-9-3-2-4-10-17/h2-14,23H,15H2,1H3/t23-/m0/s1. The fraction of sp³-hybridized carbons (Fsp3) is 0.115. The lowest BCUT2D eigenvalue weighted by Gasteiger charge is -2.25. The van der Waals surface area contributed by atoms with Crippen molar-refractivity contribution in [3.05, 3.63) is 112 Å². The average Bonchev–Trinajstić information content (AvgIpc) is 3.20. The normalized spacial score (nSPS) is 16.8. The van der Waals surface area contributed by atoms with Gasteiger partial charge in [0, 0.05) is 23.1 Å². The third kappa shape index (κ3) is 3.34. The van der Waals surface area contributed by atoms with E-state index in [1.165, 1.54) is 17.8 Å². The van der Waals surface area contributed by atoms with E-state index in [1.54, 1.807) is 9.30 Å². The first-order chi connectivity index (χ1) is 16.6. The Kier molecular flexibility index (Phi) is 4.88. The van der Waals surface area contributed by atoms with E-state index in [9.17, 15) is 9.59 Å². The summed E-state index contributed by atoms with van der Waals surface area (Å²) in [6.45, 7) is 1.88. The second-order valence-electron chi connectivity index (χ2n) is 8.09. The second kappa shape index (κ2) is 8.07. The molecule has 0 saturated heterocycles. The van der Waals surface area contributed by atoms with Crippen molar-refractivity contribution in [1.29, 1.82) is 0 Å². The Bertz CT molecular complexity index is 1580. The fourth-order valence-electron chi connectivity index (χ4n) is 4.28. The van der Waals surface area contributed by atoms with E-state index in [0.29, 0.717) is 28.1 Å². The van der Waals surface area contributed by atoms with Crippen LogP contribution in [0.5, 0.6) is 0 Å². The van der Waals surface area contributed by atoms with Crippen LogP contribution in [0.25, 0.3) is 5.65 Å². The zero-order valence-corrected chi connectivity index (χ0v) is 19.1. The molecule has 2 aromatic heterocycles. The third-order valence-electron chi connectivity index (χ3n) is 5.87. The van der Waals surface area contributed by atoms with E-state index in [1.807, 2.05) is 79.7 Å². The summed E-state index contributed by atoms with van der Waals surface area (Å²) in [5.41, 5.74) is 4.38. The van der Waals surface area contributed by atoms with E-state index < -0.39 is 6.04 Å². The van der Waals surface area contributed by atoms with Gasteiger partial charge in [0.05, 0.1) is 11.4 Å². The monoisotopic (exact) mass is 465 g/mol. The van der Waals surface area contributed by atoms with Gasteiger partial charge in [0.15, 0.2) is 11.2 Å². The van der Waals surface area contributed by atoms with Gasteiger partial charge >= 0.3 is 0 Å². The molecule has 0 unspecified atom stereocenters. The van der Waals surface area contributed by atoms with Crippen molar-refractivity contribution in [2.24, 2.45) is 9.98 Å². The van der Waals surface area contributed by atoms with Crippen LogP contribution in [0.4, 0.5) is 5.69 Å². The number of aliphatic imine (C=N–C) groups is 2. The molecule has 0 fully saturated rings. The predicted molar refractivity (Wildman–Crippen MR) is 134 cm³/mol. The zero-order valence-electron chi connectivity index (χ0n) is 18.3. The average molecular weight is 466 g/mol. The molecule has 0 radical (unpaired) electrons. The molecule has 0 saturated carbocycles. The molecule has 0 N–H and O–H groups in total. The maximum Gasteiger partial charge on any atom is 0.263 e. The minimum absolute atomic E-state index is 0.127. The van der Waals surface area contributed by atoms with Crippen molar-refractivity contribution in [3.63, 3.8) is 0 Å². The lowest BCUT2D eigenvalue weighted by molar-refractivity contribution is -0.124. The van der Waals surface area contributed by atoms with Gasteiger partial charge < -0.3 is 0 Å². The molecule has 0 spiro atoms. The van der Waals surface area contributed by atoms with Gasteiger partial charge in [-0.1, -0.05) is 60.3 Å². The number of fused-ring (bicyclic) bond motifs is 4. The number of benzene rings is 2. The Labute approximate surface area is 199 Å². The largest absolute Gasteiger partial charge is 0.271 e. The van der Waals surface area contributed by atoms with Gasteiger partial charge in [-0.3, -0.25) is 14.0 Å². The topological polar surface area (TPSA) is 79.4 Å². The van der Waals surface area contributed by atoms with Gasteiger partial charge in [0.2, 0.25) is 0 Å². The first-order valence-electron chi connectivity index (χ1n) is 10.9. The zero-order chi connectivity index (χ0) is 23.2. The van der Waals surface area contributed by atoms with Crippen LogP contribution >= 0.6 is 11.8 Å². The van der Waals surface area contributed by atoms with E-state index in [0.717, 1.165) is 22.5 Å². The van der Waals surface area contributed by atoms with Gasteiger partial charge in [-0.05, 0) is 36.8 Å². The molecule has 2 aliphatic rings. The van der Waals surface area contributed by atoms with E-state index in [4.69, 9.17) is 9.98 Å². The quantitative estimate of drug-likeness (QED) is 0.453. The van der Waals surface area contributed by atoms with Crippen LogP contribution in [-0.4, -0.2) is 31.2 Å². The number of carbonyl (C=O) groups is 1. The summed E-state index contributed by atoms with van der Waals surface area (Å²) in [7, 11) is 0.